The summed E-state index contributed by atoms with van der Waals surface area (Å²) in [5.41, 5.74) is 0.870. The first-order valence-electron chi connectivity index (χ1n) is 8.49. The van der Waals surface area contributed by atoms with Gasteiger partial charge in [0.25, 0.3) is 0 Å². The van der Waals surface area contributed by atoms with Gasteiger partial charge < -0.3 is 5.32 Å². The maximum Gasteiger partial charge on any atom is 0.126 e. The van der Waals surface area contributed by atoms with Crippen LogP contribution in [-0.4, -0.2) is 35.1 Å². The molecule has 22 heavy (non-hydrogen) atoms. The molecule has 2 aliphatic rings. The van der Waals surface area contributed by atoms with Crippen LogP contribution in [0.25, 0.3) is 0 Å². The van der Waals surface area contributed by atoms with Crippen LogP contribution in [-0.2, 0) is 6.42 Å². The second kappa shape index (κ2) is 7.23. The molecule has 0 spiro atoms. The monoisotopic (exact) mass is 303 g/mol. The smallest absolute Gasteiger partial charge is 0.126 e. The molecule has 1 saturated heterocycles. The van der Waals surface area contributed by atoms with Crippen LogP contribution in [0.3, 0.4) is 0 Å². The largest absolute Gasteiger partial charge is 0.366 e. The van der Waals surface area contributed by atoms with Crippen molar-refractivity contribution >= 4 is 5.82 Å². The Balaban J connectivity index is 1.54. The minimum absolute atomic E-state index is 0.256. The van der Waals surface area contributed by atoms with E-state index in [2.05, 4.69) is 21.8 Å². The van der Waals surface area contributed by atoms with Crippen molar-refractivity contribution in [3.05, 3.63) is 36.3 Å². The Bertz CT molecular complexity index is 494. The van der Waals surface area contributed by atoms with Crippen LogP contribution in [0.4, 0.5) is 10.2 Å². The highest BCUT2D eigenvalue weighted by atomic mass is 19.1. The molecule has 4 heteroatoms. The van der Waals surface area contributed by atoms with E-state index in [9.17, 15) is 4.39 Å². The Morgan fingerprint density at radius 3 is 2.77 bits per heavy atom. The summed E-state index contributed by atoms with van der Waals surface area (Å²) in [6.07, 6.45) is 9.97. The molecule has 1 aromatic heterocycles. The number of hydrogen-bond donors (Lipinski definition) is 1. The third-order valence-electron chi connectivity index (χ3n) is 4.87. The molecule has 1 aliphatic carbocycles. The molecule has 1 aliphatic heterocycles. The van der Waals surface area contributed by atoms with Crippen molar-refractivity contribution in [2.24, 2.45) is 0 Å². The van der Waals surface area contributed by atoms with E-state index in [-0.39, 0.29) is 12.2 Å². The minimum atomic E-state index is -0.318. The van der Waals surface area contributed by atoms with E-state index in [4.69, 9.17) is 0 Å². The summed E-state index contributed by atoms with van der Waals surface area (Å²) >= 11 is 0. The van der Waals surface area contributed by atoms with Crippen molar-refractivity contribution < 1.29 is 4.39 Å². The summed E-state index contributed by atoms with van der Waals surface area (Å²) < 4.78 is 12.8. The van der Waals surface area contributed by atoms with E-state index >= 15 is 0 Å². The van der Waals surface area contributed by atoms with E-state index < -0.39 is 0 Å². The van der Waals surface area contributed by atoms with Crippen LogP contribution in [0.5, 0.6) is 0 Å². The molecular formula is C18H26FN3. The highest BCUT2D eigenvalue weighted by molar-refractivity contribution is 5.37. The van der Waals surface area contributed by atoms with Gasteiger partial charge in [0, 0.05) is 31.2 Å². The third-order valence-corrected chi connectivity index (χ3v) is 4.87. The fraction of sp³-hybridized carbons (Fsp3) is 0.611. The normalized spacial score (nSPS) is 23.6. The van der Waals surface area contributed by atoms with E-state index in [1.165, 1.54) is 45.1 Å². The predicted octanol–water partition coefficient (Wildman–Crippen LogP) is 3.93. The summed E-state index contributed by atoms with van der Waals surface area (Å²) in [6, 6.07) is 5.16. The number of nitrogens with zero attached hydrogens (tertiary/aromatic N) is 2. The molecule has 120 valence electrons. The molecule has 3 nitrogen and oxygen atoms in total. The lowest BCUT2D eigenvalue weighted by molar-refractivity contribution is 0.156. The van der Waals surface area contributed by atoms with Crippen molar-refractivity contribution in [1.29, 1.82) is 0 Å². The van der Waals surface area contributed by atoms with Crippen molar-refractivity contribution in [3.8, 4) is 0 Å². The maximum atomic E-state index is 12.8. The van der Waals surface area contributed by atoms with E-state index in [1.807, 2.05) is 12.1 Å². The number of aromatic nitrogens is 1. The molecule has 0 aromatic carbocycles. The fourth-order valence-corrected chi connectivity index (χ4v) is 3.77. The van der Waals surface area contributed by atoms with Crippen molar-refractivity contribution in [1.82, 2.24) is 9.88 Å². The number of likely N-dealkylation sites (tertiary alicyclic amines) is 1. The number of nitrogens with one attached hydrogen (secondary N) is 1. The lowest BCUT2D eigenvalue weighted by Gasteiger charge is -2.37. The van der Waals surface area contributed by atoms with Gasteiger partial charge in [-0.3, -0.25) is 4.90 Å². The molecule has 1 N–H and O–H groups in total. The molecule has 2 fully saturated rings. The number of piperidine rings is 1. The van der Waals surface area contributed by atoms with Gasteiger partial charge in [0.05, 0.1) is 5.83 Å². The van der Waals surface area contributed by atoms with Gasteiger partial charge in [-0.25, -0.2) is 9.37 Å². The second-order valence-electron chi connectivity index (χ2n) is 6.66. The highest BCUT2D eigenvalue weighted by Crippen LogP contribution is 2.26. The van der Waals surface area contributed by atoms with E-state index in [1.54, 1.807) is 6.20 Å². The molecule has 1 aromatic rings. The highest BCUT2D eigenvalue weighted by Gasteiger charge is 2.27. The number of hydrogen-bond acceptors (Lipinski definition) is 3. The summed E-state index contributed by atoms with van der Waals surface area (Å²) in [6.45, 7) is 5.66. The van der Waals surface area contributed by atoms with Gasteiger partial charge in [-0.05, 0) is 43.9 Å². The van der Waals surface area contributed by atoms with Crippen LogP contribution in [0.1, 0.15) is 44.1 Å². The van der Waals surface area contributed by atoms with Crippen LogP contribution >= 0.6 is 0 Å². The number of pyridine rings is 1. The van der Waals surface area contributed by atoms with Crippen LogP contribution in [0.15, 0.2) is 30.7 Å². The molecule has 0 radical (unpaired) electrons. The van der Waals surface area contributed by atoms with Gasteiger partial charge in [0.2, 0.25) is 0 Å². The predicted molar refractivity (Wildman–Crippen MR) is 88.7 cm³/mol. The maximum absolute atomic E-state index is 12.8. The molecule has 0 amide bonds. The zero-order valence-electron chi connectivity index (χ0n) is 13.2. The molecule has 1 saturated carbocycles. The third kappa shape index (κ3) is 4.07. The van der Waals surface area contributed by atoms with Crippen molar-refractivity contribution in [3.63, 3.8) is 0 Å². The van der Waals surface area contributed by atoms with Gasteiger partial charge in [-0.1, -0.05) is 25.5 Å². The zero-order chi connectivity index (χ0) is 15.4. The molecule has 3 rings (SSSR count). The Morgan fingerprint density at radius 1 is 1.27 bits per heavy atom. The SMILES string of the molecule is C=C(F)Cc1ccc(N[C@@H]2CCCN(C3CCCC3)C2)nc1. The van der Waals surface area contributed by atoms with Gasteiger partial charge >= 0.3 is 0 Å². The summed E-state index contributed by atoms with van der Waals surface area (Å²) in [5, 5.41) is 3.55. The molecular weight excluding hydrogens is 277 g/mol. The Labute approximate surface area is 132 Å². The number of allylic oxidation sites excluding steroid dienone is 1. The Kier molecular flexibility index (Phi) is 5.08. The zero-order valence-corrected chi connectivity index (χ0v) is 13.2. The summed E-state index contributed by atoms with van der Waals surface area (Å²) in [7, 11) is 0. The molecule has 0 bridgehead atoms. The first-order valence-corrected chi connectivity index (χ1v) is 8.49. The standard InChI is InChI=1S/C18H26FN3/c1-14(19)11-15-8-9-18(20-12-15)21-16-5-4-10-22(13-16)17-6-2-3-7-17/h8-9,12,16-17H,1-7,10-11,13H2,(H,20,21)/t16-/m1/s1. The van der Waals surface area contributed by atoms with Crippen LogP contribution in [0, 0.1) is 0 Å². The first kappa shape index (κ1) is 15.5. The van der Waals surface area contributed by atoms with E-state index in [0.29, 0.717) is 6.04 Å². The van der Waals surface area contributed by atoms with Crippen LogP contribution in [0.2, 0.25) is 0 Å². The average Bonchev–Trinajstić information content (AvgIpc) is 3.03. The van der Waals surface area contributed by atoms with Crippen LogP contribution < -0.4 is 5.32 Å². The Hall–Kier alpha value is -1.42. The quantitative estimate of drug-likeness (QED) is 0.893. The van der Waals surface area contributed by atoms with Gasteiger partial charge in [-0.2, -0.15) is 0 Å². The molecule has 2 heterocycles. The topological polar surface area (TPSA) is 28.2 Å². The summed E-state index contributed by atoms with van der Waals surface area (Å²) in [4.78, 5) is 7.07. The number of anilines is 1. The second-order valence-corrected chi connectivity index (χ2v) is 6.66. The van der Waals surface area contributed by atoms with Crippen molar-refractivity contribution in [2.75, 3.05) is 18.4 Å². The fourth-order valence-electron chi connectivity index (χ4n) is 3.77. The van der Waals surface area contributed by atoms with Gasteiger partial charge in [0.15, 0.2) is 0 Å². The lowest BCUT2D eigenvalue weighted by Crippen LogP contribution is -2.46. The molecule has 0 unspecified atom stereocenters. The number of halogens is 1. The molecule has 1 atom stereocenters. The average molecular weight is 303 g/mol. The minimum Gasteiger partial charge on any atom is -0.366 e. The first-order chi connectivity index (χ1) is 10.7. The van der Waals surface area contributed by atoms with Gasteiger partial charge in [0.1, 0.15) is 5.82 Å². The Morgan fingerprint density at radius 2 is 2.09 bits per heavy atom. The van der Waals surface area contributed by atoms with E-state index in [0.717, 1.165) is 24.0 Å². The lowest BCUT2D eigenvalue weighted by atomic mass is 10.0. The number of rotatable bonds is 5. The van der Waals surface area contributed by atoms with Crippen molar-refractivity contribution in [2.45, 2.75) is 57.0 Å². The van der Waals surface area contributed by atoms with Gasteiger partial charge in [-0.15, -0.1) is 0 Å². The summed E-state index contributed by atoms with van der Waals surface area (Å²) in [5.74, 6) is 0.577.